The molecule has 37 heavy (non-hydrogen) atoms. The van der Waals surface area contributed by atoms with Gasteiger partial charge in [-0.3, -0.25) is 14.6 Å². The van der Waals surface area contributed by atoms with Crippen molar-refractivity contribution in [3.8, 4) is 0 Å². The van der Waals surface area contributed by atoms with E-state index in [1.54, 1.807) is 42.5 Å². The van der Waals surface area contributed by atoms with Crippen LogP contribution in [0.25, 0.3) is 0 Å². The highest BCUT2D eigenvalue weighted by molar-refractivity contribution is 5.96. The second kappa shape index (κ2) is 10.2. The van der Waals surface area contributed by atoms with Gasteiger partial charge in [0.05, 0.1) is 22.7 Å². The van der Waals surface area contributed by atoms with Gasteiger partial charge in [0.2, 0.25) is 0 Å². The standard InChI is InChI=1S/C26H21F6N3O2/c27-25(28,29)20-12-19(13-21(14-20)26(30,31)32)24(37)35-10-9-34(23(36)18-7-4-8-33-15-18)16-22(35)11-17-5-2-1-3-6-17/h1-8,12-15,22H,9-11,16H2/t22-/m1/s1. The van der Waals surface area contributed by atoms with Crippen molar-refractivity contribution in [2.45, 2.75) is 24.8 Å². The van der Waals surface area contributed by atoms with Crippen LogP contribution in [0.2, 0.25) is 0 Å². The molecule has 1 aromatic heterocycles. The fourth-order valence-corrected chi connectivity index (χ4v) is 4.28. The van der Waals surface area contributed by atoms with Crippen molar-refractivity contribution < 1.29 is 35.9 Å². The van der Waals surface area contributed by atoms with Gasteiger partial charge in [0, 0.05) is 37.6 Å². The zero-order valence-corrected chi connectivity index (χ0v) is 19.3. The second-order valence-electron chi connectivity index (χ2n) is 8.63. The monoisotopic (exact) mass is 521 g/mol. The van der Waals surface area contributed by atoms with Crippen molar-refractivity contribution in [2.75, 3.05) is 19.6 Å². The van der Waals surface area contributed by atoms with E-state index in [1.807, 2.05) is 0 Å². The molecule has 2 amide bonds. The molecule has 2 heterocycles. The van der Waals surface area contributed by atoms with E-state index >= 15 is 0 Å². The number of piperazine rings is 1. The van der Waals surface area contributed by atoms with Crippen molar-refractivity contribution in [1.29, 1.82) is 0 Å². The molecule has 0 bridgehead atoms. The van der Waals surface area contributed by atoms with Crippen molar-refractivity contribution >= 4 is 11.8 Å². The topological polar surface area (TPSA) is 53.5 Å². The summed E-state index contributed by atoms with van der Waals surface area (Å²) in [4.78, 5) is 33.0. The summed E-state index contributed by atoms with van der Waals surface area (Å²) in [5, 5.41) is 0. The Morgan fingerprint density at radius 3 is 2.03 bits per heavy atom. The third-order valence-corrected chi connectivity index (χ3v) is 6.09. The number of halogens is 6. The van der Waals surface area contributed by atoms with Crippen molar-refractivity contribution in [3.63, 3.8) is 0 Å². The van der Waals surface area contributed by atoms with Gasteiger partial charge in [-0.1, -0.05) is 30.3 Å². The Kier molecular flexibility index (Phi) is 7.24. The predicted molar refractivity (Wildman–Crippen MR) is 122 cm³/mol. The molecule has 0 unspecified atom stereocenters. The average Bonchev–Trinajstić information content (AvgIpc) is 2.87. The number of rotatable bonds is 4. The van der Waals surface area contributed by atoms with E-state index in [4.69, 9.17) is 0 Å². The first-order valence-corrected chi connectivity index (χ1v) is 11.3. The number of alkyl halides is 6. The van der Waals surface area contributed by atoms with E-state index in [0.717, 1.165) is 5.56 Å². The maximum atomic E-state index is 13.4. The quantitative estimate of drug-likeness (QED) is 0.437. The molecule has 0 N–H and O–H groups in total. The molecule has 0 spiro atoms. The Bertz CT molecular complexity index is 1230. The van der Waals surface area contributed by atoms with Gasteiger partial charge in [-0.05, 0) is 42.3 Å². The lowest BCUT2D eigenvalue weighted by molar-refractivity contribution is -0.143. The Labute approximate surface area is 208 Å². The van der Waals surface area contributed by atoms with Crippen LogP contribution in [0.5, 0.6) is 0 Å². The molecular formula is C26H21F6N3O2. The van der Waals surface area contributed by atoms with Crippen LogP contribution in [0, 0.1) is 0 Å². The normalized spacial score (nSPS) is 16.5. The number of hydrogen-bond acceptors (Lipinski definition) is 3. The summed E-state index contributed by atoms with van der Waals surface area (Å²) in [7, 11) is 0. The van der Waals surface area contributed by atoms with Crippen LogP contribution in [0.4, 0.5) is 26.3 Å². The SMILES string of the molecule is O=C(c1cccnc1)N1CCN(C(=O)c2cc(C(F)(F)F)cc(C(F)(F)F)c2)[C@H](Cc2ccccc2)C1. The molecule has 4 rings (SSSR count). The summed E-state index contributed by atoms with van der Waals surface area (Å²) < 4.78 is 80.2. The highest BCUT2D eigenvalue weighted by Gasteiger charge is 2.39. The fourth-order valence-electron chi connectivity index (χ4n) is 4.28. The van der Waals surface area contributed by atoms with Crippen LogP contribution in [-0.4, -0.2) is 52.3 Å². The summed E-state index contributed by atoms with van der Waals surface area (Å²) in [5.74, 6) is -1.30. The van der Waals surface area contributed by atoms with Crippen LogP contribution in [-0.2, 0) is 18.8 Å². The molecular weight excluding hydrogens is 500 g/mol. The third kappa shape index (κ3) is 6.10. The van der Waals surface area contributed by atoms with E-state index in [0.29, 0.717) is 17.7 Å². The second-order valence-corrected chi connectivity index (χ2v) is 8.63. The Balaban J connectivity index is 1.67. The van der Waals surface area contributed by atoms with E-state index in [-0.39, 0.29) is 38.0 Å². The third-order valence-electron chi connectivity index (χ3n) is 6.09. The maximum Gasteiger partial charge on any atom is 0.416 e. The lowest BCUT2D eigenvalue weighted by atomic mass is 9.99. The van der Waals surface area contributed by atoms with E-state index in [2.05, 4.69) is 4.98 Å². The molecule has 0 aliphatic carbocycles. The van der Waals surface area contributed by atoms with Gasteiger partial charge in [-0.2, -0.15) is 26.3 Å². The molecule has 1 saturated heterocycles. The number of carbonyl (C=O) groups excluding carboxylic acids is 2. The number of aromatic nitrogens is 1. The first-order valence-electron chi connectivity index (χ1n) is 11.3. The zero-order chi connectivity index (χ0) is 26.8. The molecule has 1 aliphatic heterocycles. The molecule has 1 atom stereocenters. The minimum atomic E-state index is -5.07. The highest BCUT2D eigenvalue weighted by atomic mass is 19.4. The zero-order valence-electron chi connectivity index (χ0n) is 19.3. The first kappa shape index (κ1) is 26.2. The Morgan fingerprint density at radius 2 is 1.46 bits per heavy atom. The number of pyridine rings is 1. The summed E-state index contributed by atoms with van der Waals surface area (Å²) in [6.45, 7) is 0.0230. The van der Waals surface area contributed by atoms with Crippen LogP contribution >= 0.6 is 0 Å². The summed E-state index contributed by atoms with van der Waals surface area (Å²) in [6, 6.07) is 12.3. The maximum absolute atomic E-state index is 13.4. The van der Waals surface area contributed by atoms with Crippen LogP contribution in [0.1, 0.15) is 37.4 Å². The number of carbonyl (C=O) groups is 2. The number of nitrogens with zero attached hydrogens (tertiary/aromatic N) is 3. The Hall–Kier alpha value is -3.89. The van der Waals surface area contributed by atoms with E-state index in [1.165, 1.54) is 22.2 Å². The smallest absolute Gasteiger partial charge is 0.335 e. The van der Waals surface area contributed by atoms with Gasteiger partial charge >= 0.3 is 12.4 Å². The van der Waals surface area contributed by atoms with Gasteiger partial charge in [0.15, 0.2) is 0 Å². The number of benzene rings is 2. The molecule has 2 aromatic carbocycles. The molecule has 1 fully saturated rings. The molecule has 1 aliphatic rings. The van der Waals surface area contributed by atoms with Crippen LogP contribution in [0.3, 0.4) is 0 Å². The molecule has 3 aromatic rings. The predicted octanol–water partition coefficient (Wildman–Crippen LogP) is 5.33. The van der Waals surface area contributed by atoms with Gasteiger partial charge in [0.1, 0.15) is 0 Å². The average molecular weight is 521 g/mol. The van der Waals surface area contributed by atoms with Crippen LogP contribution < -0.4 is 0 Å². The molecule has 0 radical (unpaired) electrons. The summed E-state index contributed by atoms with van der Waals surface area (Å²) in [5.41, 5.74) is -2.71. The molecule has 0 saturated carbocycles. The van der Waals surface area contributed by atoms with Gasteiger partial charge in [-0.25, -0.2) is 0 Å². The first-order chi connectivity index (χ1) is 17.4. The van der Waals surface area contributed by atoms with Crippen LogP contribution in [0.15, 0.2) is 73.1 Å². The highest BCUT2D eigenvalue weighted by Crippen LogP contribution is 2.37. The molecule has 11 heteroatoms. The van der Waals surface area contributed by atoms with Crippen molar-refractivity contribution in [3.05, 3.63) is 101 Å². The van der Waals surface area contributed by atoms with Gasteiger partial charge < -0.3 is 9.80 Å². The summed E-state index contributed by atoms with van der Waals surface area (Å²) >= 11 is 0. The fraction of sp³-hybridized carbons (Fsp3) is 0.269. The molecule has 5 nitrogen and oxygen atoms in total. The summed E-state index contributed by atoms with van der Waals surface area (Å²) in [6.07, 6.45) is -7.00. The van der Waals surface area contributed by atoms with Crippen molar-refractivity contribution in [2.24, 2.45) is 0 Å². The van der Waals surface area contributed by atoms with E-state index in [9.17, 15) is 35.9 Å². The largest absolute Gasteiger partial charge is 0.416 e. The lowest BCUT2D eigenvalue weighted by Gasteiger charge is -2.42. The van der Waals surface area contributed by atoms with Gasteiger partial charge in [0.25, 0.3) is 11.8 Å². The minimum absolute atomic E-state index is 0.0112. The van der Waals surface area contributed by atoms with E-state index < -0.39 is 41.0 Å². The van der Waals surface area contributed by atoms with Crippen molar-refractivity contribution in [1.82, 2.24) is 14.8 Å². The minimum Gasteiger partial charge on any atom is -0.335 e. The number of amides is 2. The Morgan fingerprint density at radius 1 is 0.811 bits per heavy atom. The lowest BCUT2D eigenvalue weighted by Crippen LogP contribution is -2.57. The molecule has 194 valence electrons. The number of hydrogen-bond donors (Lipinski definition) is 0. The van der Waals surface area contributed by atoms with Gasteiger partial charge in [-0.15, -0.1) is 0 Å².